The van der Waals surface area contributed by atoms with Crippen molar-refractivity contribution in [3.8, 4) is 0 Å². The van der Waals surface area contributed by atoms with Crippen molar-refractivity contribution >= 4 is 0 Å². The van der Waals surface area contributed by atoms with Crippen LogP contribution in [0.15, 0.2) is 30.3 Å². The lowest BCUT2D eigenvalue weighted by Gasteiger charge is -2.35. The molecule has 1 aromatic rings. The molecule has 112 valence electrons. The van der Waals surface area contributed by atoms with Gasteiger partial charge < -0.3 is 10.2 Å². The van der Waals surface area contributed by atoms with E-state index in [0.717, 1.165) is 0 Å². The molecule has 2 unspecified atom stereocenters. The van der Waals surface area contributed by atoms with Gasteiger partial charge in [0, 0.05) is 18.6 Å². The molecule has 20 heavy (non-hydrogen) atoms. The highest BCUT2D eigenvalue weighted by molar-refractivity contribution is 5.19. The summed E-state index contributed by atoms with van der Waals surface area (Å²) in [5.41, 5.74) is 1.77. The number of hydrogen-bond donors (Lipinski definition) is 1. The minimum Gasteiger partial charge on any atom is -0.306 e. The summed E-state index contributed by atoms with van der Waals surface area (Å²) in [5, 5.41) is 3.92. The summed E-state index contributed by atoms with van der Waals surface area (Å²) < 4.78 is 0. The normalized spacial score (nSPS) is 22.7. The Morgan fingerprint density at radius 3 is 2.55 bits per heavy atom. The van der Waals surface area contributed by atoms with Gasteiger partial charge >= 0.3 is 0 Å². The molecule has 0 spiro atoms. The number of hydrogen-bond acceptors (Lipinski definition) is 2. The van der Waals surface area contributed by atoms with Crippen LogP contribution < -0.4 is 5.32 Å². The van der Waals surface area contributed by atoms with E-state index in [2.05, 4.69) is 68.4 Å². The molecular formula is C18H30N2. The number of nitrogens with zero attached hydrogens (tertiary/aromatic N) is 1. The third-order valence-corrected chi connectivity index (χ3v) is 4.08. The molecule has 1 N–H and O–H groups in total. The number of nitrogens with one attached hydrogen (secondary N) is 1. The van der Waals surface area contributed by atoms with E-state index < -0.39 is 0 Å². The van der Waals surface area contributed by atoms with Crippen LogP contribution in [0.2, 0.25) is 0 Å². The average Bonchev–Trinajstić information content (AvgIpc) is 2.37. The molecule has 0 aliphatic carbocycles. The third-order valence-electron chi connectivity index (χ3n) is 4.08. The van der Waals surface area contributed by atoms with E-state index in [1.54, 1.807) is 0 Å². The van der Waals surface area contributed by atoms with E-state index >= 15 is 0 Å². The minimum absolute atomic E-state index is 0.341. The van der Waals surface area contributed by atoms with Crippen molar-refractivity contribution in [2.45, 2.75) is 52.1 Å². The highest BCUT2D eigenvalue weighted by Gasteiger charge is 2.24. The van der Waals surface area contributed by atoms with Crippen LogP contribution in [0.1, 0.15) is 51.6 Å². The summed E-state index contributed by atoms with van der Waals surface area (Å²) in [6.45, 7) is 9.41. The minimum atomic E-state index is 0.341. The molecule has 1 aliphatic rings. The average molecular weight is 274 g/mol. The smallest absolute Gasteiger partial charge is 0.0328 e. The van der Waals surface area contributed by atoms with E-state index in [1.165, 1.54) is 37.9 Å². The lowest BCUT2D eigenvalue weighted by Crippen LogP contribution is -2.45. The van der Waals surface area contributed by atoms with Gasteiger partial charge in [-0.05, 0) is 43.8 Å². The van der Waals surface area contributed by atoms with Crippen LogP contribution in [-0.2, 0) is 0 Å². The van der Waals surface area contributed by atoms with Crippen LogP contribution in [0.4, 0.5) is 0 Å². The Bertz CT molecular complexity index is 394. The maximum Gasteiger partial charge on any atom is 0.0328 e. The molecule has 1 aliphatic heterocycles. The second-order valence-electron chi connectivity index (χ2n) is 7.50. The Morgan fingerprint density at radius 2 is 1.95 bits per heavy atom. The molecule has 2 heteroatoms. The maximum absolute atomic E-state index is 3.92. The standard InChI is InChI=1S/C18H30N2/c1-18(2,3)13-17(15-9-6-5-7-10-15)19-16-11-8-12-20(4)14-16/h5-7,9-10,16-17,19H,8,11-14H2,1-4H3. The first-order valence-corrected chi connectivity index (χ1v) is 7.93. The van der Waals surface area contributed by atoms with Gasteiger partial charge in [-0.2, -0.15) is 0 Å². The lowest BCUT2D eigenvalue weighted by molar-refractivity contribution is 0.201. The molecule has 0 saturated carbocycles. The highest BCUT2D eigenvalue weighted by Crippen LogP contribution is 2.30. The molecule has 2 rings (SSSR count). The molecule has 2 nitrogen and oxygen atoms in total. The largest absolute Gasteiger partial charge is 0.306 e. The SMILES string of the molecule is CN1CCCC(NC(CC(C)(C)C)c2ccccc2)C1. The van der Waals surface area contributed by atoms with Gasteiger partial charge in [-0.25, -0.2) is 0 Å². The van der Waals surface area contributed by atoms with Crippen molar-refractivity contribution in [3.63, 3.8) is 0 Å². The fraction of sp³-hybridized carbons (Fsp3) is 0.667. The summed E-state index contributed by atoms with van der Waals surface area (Å²) in [6, 6.07) is 12.0. The molecule has 0 bridgehead atoms. The molecule has 1 heterocycles. The summed E-state index contributed by atoms with van der Waals surface area (Å²) >= 11 is 0. The summed E-state index contributed by atoms with van der Waals surface area (Å²) in [6.07, 6.45) is 3.79. The number of rotatable bonds is 4. The van der Waals surface area contributed by atoms with E-state index in [4.69, 9.17) is 0 Å². The summed E-state index contributed by atoms with van der Waals surface area (Å²) in [5.74, 6) is 0. The van der Waals surface area contributed by atoms with Gasteiger partial charge in [-0.1, -0.05) is 51.1 Å². The van der Waals surface area contributed by atoms with Crippen molar-refractivity contribution in [2.75, 3.05) is 20.1 Å². The van der Waals surface area contributed by atoms with Crippen LogP contribution in [0.5, 0.6) is 0 Å². The van der Waals surface area contributed by atoms with E-state index in [0.29, 0.717) is 17.5 Å². The first kappa shape index (κ1) is 15.5. The van der Waals surface area contributed by atoms with Crippen LogP contribution in [0.25, 0.3) is 0 Å². The molecule has 0 aromatic heterocycles. The van der Waals surface area contributed by atoms with Crippen LogP contribution in [0.3, 0.4) is 0 Å². The molecular weight excluding hydrogens is 244 g/mol. The molecule has 1 aromatic carbocycles. The molecule has 0 radical (unpaired) electrons. The molecule has 1 saturated heterocycles. The zero-order valence-electron chi connectivity index (χ0n) is 13.5. The Labute approximate surface area is 124 Å². The predicted molar refractivity (Wildman–Crippen MR) is 86.9 cm³/mol. The van der Waals surface area contributed by atoms with Gasteiger partial charge in [-0.15, -0.1) is 0 Å². The second kappa shape index (κ2) is 6.73. The van der Waals surface area contributed by atoms with Gasteiger partial charge in [0.15, 0.2) is 0 Å². The van der Waals surface area contributed by atoms with E-state index in [1.807, 2.05) is 0 Å². The topological polar surface area (TPSA) is 15.3 Å². The Kier molecular flexibility index (Phi) is 5.22. The number of likely N-dealkylation sites (tertiary alicyclic amines) is 1. The zero-order chi connectivity index (χ0) is 14.6. The Balaban J connectivity index is 2.06. The van der Waals surface area contributed by atoms with Gasteiger partial charge in [0.1, 0.15) is 0 Å². The van der Waals surface area contributed by atoms with E-state index in [-0.39, 0.29) is 0 Å². The van der Waals surface area contributed by atoms with Crippen molar-refractivity contribution in [3.05, 3.63) is 35.9 Å². The maximum atomic E-state index is 3.92. The summed E-state index contributed by atoms with van der Waals surface area (Å²) in [7, 11) is 2.23. The van der Waals surface area contributed by atoms with Crippen LogP contribution >= 0.6 is 0 Å². The predicted octanol–water partition coefficient (Wildman–Crippen LogP) is 3.85. The van der Waals surface area contributed by atoms with Crippen molar-refractivity contribution in [1.82, 2.24) is 10.2 Å². The fourth-order valence-electron chi connectivity index (χ4n) is 3.16. The molecule has 0 amide bonds. The monoisotopic (exact) mass is 274 g/mol. The van der Waals surface area contributed by atoms with E-state index in [9.17, 15) is 0 Å². The molecule has 2 atom stereocenters. The quantitative estimate of drug-likeness (QED) is 0.897. The number of piperidine rings is 1. The second-order valence-corrected chi connectivity index (χ2v) is 7.50. The van der Waals surface area contributed by atoms with Gasteiger partial charge in [0.05, 0.1) is 0 Å². The van der Waals surface area contributed by atoms with Crippen molar-refractivity contribution in [2.24, 2.45) is 5.41 Å². The van der Waals surface area contributed by atoms with Crippen molar-refractivity contribution in [1.29, 1.82) is 0 Å². The van der Waals surface area contributed by atoms with Gasteiger partial charge in [-0.3, -0.25) is 0 Å². The van der Waals surface area contributed by atoms with Crippen molar-refractivity contribution < 1.29 is 0 Å². The van der Waals surface area contributed by atoms with Crippen LogP contribution in [-0.4, -0.2) is 31.1 Å². The Morgan fingerprint density at radius 1 is 1.25 bits per heavy atom. The summed E-state index contributed by atoms with van der Waals surface area (Å²) in [4.78, 5) is 2.44. The third kappa shape index (κ3) is 4.92. The number of benzene rings is 1. The zero-order valence-corrected chi connectivity index (χ0v) is 13.5. The first-order valence-electron chi connectivity index (χ1n) is 7.93. The first-order chi connectivity index (χ1) is 9.44. The Hall–Kier alpha value is -0.860. The fourth-order valence-corrected chi connectivity index (χ4v) is 3.16. The number of likely N-dealkylation sites (N-methyl/N-ethyl adjacent to an activating group) is 1. The van der Waals surface area contributed by atoms with Crippen LogP contribution in [0, 0.1) is 5.41 Å². The highest BCUT2D eigenvalue weighted by atomic mass is 15.1. The lowest BCUT2D eigenvalue weighted by atomic mass is 9.85. The van der Waals surface area contributed by atoms with Gasteiger partial charge in [0.2, 0.25) is 0 Å². The molecule has 1 fully saturated rings. The van der Waals surface area contributed by atoms with Gasteiger partial charge in [0.25, 0.3) is 0 Å².